The summed E-state index contributed by atoms with van der Waals surface area (Å²) < 4.78 is 43.4. The highest BCUT2D eigenvalue weighted by molar-refractivity contribution is 6.76. The Morgan fingerprint density at radius 2 is 1.76 bits per heavy atom. The van der Waals surface area contributed by atoms with Crippen LogP contribution in [-0.2, 0) is 0 Å². The number of benzene rings is 1. The van der Waals surface area contributed by atoms with Crippen molar-refractivity contribution < 1.29 is 13.2 Å². The number of hydrogen-bond donors (Lipinski definition) is 1. The quantitative estimate of drug-likeness (QED) is 0.521. The van der Waals surface area contributed by atoms with Crippen molar-refractivity contribution in [2.45, 2.75) is 19.6 Å². The smallest absolute Gasteiger partial charge is 0.236 e. The molecule has 0 radical (unpaired) electrons. The molecule has 4 nitrogen and oxygen atoms in total. The van der Waals surface area contributed by atoms with Crippen molar-refractivity contribution in [3.63, 3.8) is 0 Å². The van der Waals surface area contributed by atoms with Gasteiger partial charge in [0, 0.05) is 30.7 Å². The first-order valence-corrected chi connectivity index (χ1v) is 11.7. The van der Waals surface area contributed by atoms with Gasteiger partial charge in [0.05, 0.1) is 19.2 Å². The molecule has 0 amide bonds. The number of aromatic nitrogens is 3. The van der Waals surface area contributed by atoms with Crippen molar-refractivity contribution in [1.29, 1.82) is 0 Å². The van der Waals surface area contributed by atoms with Gasteiger partial charge in [-0.3, -0.25) is 4.40 Å². The SMILES string of the molecule is C[Si](C)(C)CNc1nc2nccn2c(Cl)c1-c1c(F)cc(F)cc1F. The van der Waals surface area contributed by atoms with Gasteiger partial charge >= 0.3 is 0 Å². The molecule has 3 rings (SSSR count). The van der Waals surface area contributed by atoms with Gasteiger partial charge < -0.3 is 5.32 Å². The maximum Gasteiger partial charge on any atom is 0.236 e. The third kappa shape index (κ3) is 3.50. The van der Waals surface area contributed by atoms with E-state index in [0.717, 1.165) is 0 Å². The lowest BCUT2D eigenvalue weighted by molar-refractivity contribution is 0.548. The molecule has 1 aromatic carbocycles. The summed E-state index contributed by atoms with van der Waals surface area (Å²) in [5.74, 6) is -2.57. The van der Waals surface area contributed by atoms with Crippen molar-refractivity contribution in [3.8, 4) is 11.1 Å². The predicted molar refractivity (Wildman–Crippen MR) is 95.1 cm³/mol. The summed E-state index contributed by atoms with van der Waals surface area (Å²) in [4.78, 5) is 8.40. The van der Waals surface area contributed by atoms with Crippen LogP contribution in [0.15, 0.2) is 24.5 Å². The van der Waals surface area contributed by atoms with Gasteiger partial charge in [-0.2, -0.15) is 4.98 Å². The first-order valence-electron chi connectivity index (χ1n) is 7.59. The van der Waals surface area contributed by atoms with E-state index in [0.29, 0.717) is 24.1 Å². The Hall–Kier alpha value is -2.06. The summed E-state index contributed by atoms with van der Waals surface area (Å²) in [6.07, 6.45) is 3.64. The first kappa shape index (κ1) is 17.8. The lowest BCUT2D eigenvalue weighted by Gasteiger charge is -2.20. The van der Waals surface area contributed by atoms with Gasteiger partial charge in [0.2, 0.25) is 5.78 Å². The van der Waals surface area contributed by atoms with E-state index in [2.05, 4.69) is 34.9 Å². The maximum atomic E-state index is 14.3. The van der Waals surface area contributed by atoms with Crippen molar-refractivity contribution in [2.24, 2.45) is 0 Å². The summed E-state index contributed by atoms with van der Waals surface area (Å²) in [5.41, 5.74) is -0.381. The molecule has 0 spiro atoms. The highest BCUT2D eigenvalue weighted by Gasteiger charge is 2.24. The summed E-state index contributed by atoms with van der Waals surface area (Å²) in [6, 6.07) is 1.24. The lowest BCUT2D eigenvalue weighted by atomic mass is 10.1. The molecular formula is C16H16ClF3N4Si. The minimum atomic E-state index is -1.54. The molecule has 0 aliphatic carbocycles. The van der Waals surface area contributed by atoms with Crippen LogP contribution in [0.2, 0.25) is 24.8 Å². The summed E-state index contributed by atoms with van der Waals surface area (Å²) in [6.45, 7) is 6.40. The van der Waals surface area contributed by atoms with Crippen LogP contribution < -0.4 is 5.32 Å². The molecule has 0 atom stereocenters. The second kappa shape index (κ2) is 6.34. The highest BCUT2D eigenvalue weighted by Crippen LogP contribution is 2.37. The topological polar surface area (TPSA) is 42.2 Å². The van der Waals surface area contributed by atoms with Gasteiger partial charge in [-0.25, -0.2) is 18.2 Å². The van der Waals surface area contributed by atoms with E-state index in [-0.39, 0.29) is 16.5 Å². The average Bonchev–Trinajstić information content (AvgIpc) is 2.94. The van der Waals surface area contributed by atoms with Crippen LogP contribution >= 0.6 is 11.6 Å². The molecule has 0 fully saturated rings. The van der Waals surface area contributed by atoms with Crippen LogP contribution in [0.1, 0.15) is 0 Å². The molecule has 0 aliphatic rings. The largest absolute Gasteiger partial charge is 0.372 e. The zero-order valence-electron chi connectivity index (χ0n) is 13.9. The molecule has 2 aromatic heterocycles. The van der Waals surface area contributed by atoms with Gasteiger partial charge in [-0.15, -0.1) is 0 Å². The second-order valence-electron chi connectivity index (χ2n) is 6.88. The van der Waals surface area contributed by atoms with Crippen LogP contribution in [0, 0.1) is 17.5 Å². The molecule has 0 bridgehead atoms. The molecule has 0 saturated heterocycles. The number of hydrogen-bond acceptors (Lipinski definition) is 3. The Labute approximate surface area is 148 Å². The third-order valence-corrected chi connectivity index (χ3v) is 5.14. The second-order valence-corrected chi connectivity index (χ2v) is 12.7. The fraction of sp³-hybridized carbons (Fsp3) is 0.250. The molecule has 25 heavy (non-hydrogen) atoms. The van der Waals surface area contributed by atoms with Crippen LogP contribution in [0.5, 0.6) is 0 Å². The molecule has 9 heteroatoms. The molecule has 1 N–H and O–H groups in total. The van der Waals surface area contributed by atoms with Gasteiger partial charge in [0.1, 0.15) is 28.4 Å². The Bertz CT molecular complexity index is 929. The molecule has 3 aromatic rings. The number of halogens is 4. The van der Waals surface area contributed by atoms with Crippen molar-refractivity contribution in [2.75, 3.05) is 11.5 Å². The van der Waals surface area contributed by atoms with Crippen molar-refractivity contribution in [1.82, 2.24) is 14.4 Å². The standard InChI is InChI=1S/C16H16ClF3N4Si/c1-25(2,3)8-22-15-13(12-10(19)6-9(18)7-11(12)20)14(17)24-5-4-21-16(24)23-15/h4-7H,8H2,1-3H3,(H,21,22,23). The van der Waals surface area contributed by atoms with Gasteiger partial charge in [0.25, 0.3) is 0 Å². The normalized spacial score (nSPS) is 12.0. The van der Waals surface area contributed by atoms with E-state index in [4.69, 9.17) is 11.6 Å². The minimum Gasteiger partial charge on any atom is -0.372 e. The zero-order valence-corrected chi connectivity index (χ0v) is 15.6. The van der Waals surface area contributed by atoms with E-state index < -0.39 is 31.1 Å². The van der Waals surface area contributed by atoms with Crippen molar-refractivity contribution >= 4 is 31.3 Å². The number of fused-ring (bicyclic) bond motifs is 1. The first-order chi connectivity index (χ1) is 11.7. The van der Waals surface area contributed by atoms with E-state index in [1.165, 1.54) is 16.8 Å². The van der Waals surface area contributed by atoms with Gasteiger partial charge in [0.15, 0.2) is 0 Å². The number of nitrogens with zero attached hydrogens (tertiary/aromatic N) is 3. The Morgan fingerprint density at radius 3 is 2.36 bits per heavy atom. The van der Waals surface area contributed by atoms with Crippen LogP contribution in [0.3, 0.4) is 0 Å². The van der Waals surface area contributed by atoms with E-state index >= 15 is 0 Å². The fourth-order valence-corrected chi connectivity index (χ4v) is 3.40. The molecule has 132 valence electrons. The molecular weight excluding hydrogens is 369 g/mol. The van der Waals surface area contributed by atoms with E-state index in [9.17, 15) is 13.2 Å². The monoisotopic (exact) mass is 384 g/mol. The molecule has 2 heterocycles. The van der Waals surface area contributed by atoms with E-state index in [1.807, 2.05) is 0 Å². The summed E-state index contributed by atoms with van der Waals surface area (Å²) in [7, 11) is -1.54. The average molecular weight is 385 g/mol. The highest BCUT2D eigenvalue weighted by atomic mass is 35.5. The summed E-state index contributed by atoms with van der Waals surface area (Å²) >= 11 is 6.38. The minimum absolute atomic E-state index is 0.0421. The predicted octanol–water partition coefficient (Wildman–Crippen LogP) is 4.76. The fourth-order valence-electron chi connectivity index (χ4n) is 2.38. The molecule has 0 saturated carbocycles. The van der Waals surface area contributed by atoms with E-state index in [1.54, 1.807) is 0 Å². The zero-order chi connectivity index (χ0) is 18.4. The van der Waals surface area contributed by atoms with Gasteiger partial charge in [-0.1, -0.05) is 31.2 Å². The van der Waals surface area contributed by atoms with Crippen LogP contribution in [0.25, 0.3) is 16.9 Å². The number of rotatable bonds is 4. The lowest BCUT2D eigenvalue weighted by Crippen LogP contribution is -2.32. The van der Waals surface area contributed by atoms with Gasteiger partial charge in [-0.05, 0) is 0 Å². The summed E-state index contributed by atoms with van der Waals surface area (Å²) in [5, 5.41) is 3.18. The van der Waals surface area contributed by atoms with Crippen LogP contribution in [-0.4, -0.2) is 28.6 Å². The third-order valence-electron chi connectivity index (χ3n) is 3.53. The number of nitrogens with one attached hydrogen (secondary N) is 1. The Morgan fingerprint density at radius 1 is 1.12 bits per heavy atom. The molecule has 0 unspecified atom stereocenters. The molecule has 0 aliphatic heterocycles. The van der Waals surface area contributed by atoms with Crippen molar-refractivity contribution in [3.05, 3.63) is 47.1 Å². The Balaban J connectivity index is 2.27. The number of imidazole rings is 1. The maximum absolute atomic E-state index is 14.3. The van der Waals surface area contributed by atoms with Crippen LogP contribution in [0.4, 0.5) is 19.0 Å². The Kier molecular flexibility index (Phi) is 4.50. The number of anilines is 1.